The molecule has 0 fully saturated rings. The highest BCUT2D eigenvalue weighted by Gasteiger charge is 2.30. The fourth-order valence-electron chi connectivity index (χ4n) is 1.84. The highest BCUT2D eigenvalue weighted by Crippen LogP contribution is 2.27. The number of hydrogen-bond donors (Lipinski definition) is 0. The van der Waals surface area contributed by atoms with Gasteiger partial charge in [0.15, 0.2) is 5.84 Å². The lowest BCUT2D eigenvalue weighted by Crippen LogP contribution is -2.30. The molecule has 2 rings (SSSR count). The highest BCUT2D eigenvalue weighted by atomic mass is 32.2. The molecular formula is C11H14N2O2S. The van der Waals surface area contributed by atoms with Crippen LogP contribution in [0, 0.1) is 0 Å². The second-order valence-electron chi connectivity index (χ2n) is 3.56. The van der Waals surface area contributed by atoms with E-state index >= 15 is 0 Å². The summed E-state index contributed by atoms with van der Waals surface area (Å²) >= 11 is 0. The predicted octanol–water partition coefficient (Wildman–Crippen LogP) is 1.48. The van der Waals surface area contributed by atoms with E-state index in [9.17, 15) is 8.42 Å². The average Bonchev–Trinajstić information content (AvgIpc) is 2.54. The van der Waals surface area contributed by atoms with E-state index in [1.54, 1.807) is 18.2 Å². The van der Waals surface area contributed by atoms with Crippen molar-refractivity contribution in [1.29, 1.82) is 0 Å². The van der Waals surface area contributed by atoms with Crippen molar-refractivity contribution in [3.05, 3.63) is 29.8 Å². The van der Waals surface area contributed by atoms with E-state index in [-0.39, 0.29) is 0 Å². The molecule has 4 nitrogen and oxygen atoms in total. The second kappa shape index (κ2) is 3.90. The molecule has 0 aromatic heterocycles. The molecular weight excluding hydrogens is 224 g/mol. The highest BCUT2D eigenvalue weighted by molar-refractivity contribution is 7.90. The lowest BCUT2D eigenvalue weighted by Gasteiger charge is -2.20. The molecule has 0 atom stereocenters. The van der Waals surface area contributed by atoms with Gasteiger partial charge < -0.3 is 4.90 Å². The zero-order chi connectivity index (χ0) is 11.8. The Hall–Kier alpha value is -1.36. The zero-order valence-electron chi connectivity index (χ0n) is 9.34. The molecule has 0 saturated carbocycles. The Bertz CT molecular complexity index is 531. The fraction of sp³-hybridized carbons (Fsp3) is 0.364. The summed E-state index contributed by atoms with van der Waals surface area (Å²) in [5.41, 5.74) is 0.714. The first-order valence-electron chi connectivity index (χ1n) is 5.29. The number of hydrogen-bond acceptors (Lipinski definition) is 3. The van der Waals surface area contributed by atoms with E-state index < -0.39 is 10.0 Å². The molecule has 1 aromatic rings. The lowest BCUT2D eigenvalue weighted by atomic mass is 10.2. The van der Waals surface area contributed by atoms with Crippen LogP contribution >= 0.6 is 0 Å². The Morgan fingerprint density at radius 1 is 1.19 bits per heavy atom. The second-order valence-corrected chi connectivity index (χ2v) is 5.13. The van der Waals surface area contributed by atoms with Crippen molar-refractivity contribution in [3.63, 3.8) is 0 Å². The quantitative estimate of drug-likeness (QED) is 0.784. The predicted molar refractivity (Wildman–Crippen MR) is 63.1 cm³/mol. The van der Waals surface area contributed by atoms with Crippen LogP contribution in [0.15, 0.2) is 33.6 Å². The normalized spacial score (nSPS) is 16.8. The topological polar surface area (TPSA) is 49.7 Å². The summed E-state index contributed by atoms with van der Waals surface area (Å²) in [6.45, 7) is 5.47. The first-order valence-corrected chi connectivity index (χ1v) is 6.73. The Morgan fingerprint density at radius 3 is 2.44 bits per heavy atom. The molecule has 0 unspecified atom stereocenters. The van der Waals surface area contributed by atoms with Crippen LogP contribution in [0.3, 0.4) is 0 Å². The SMILES string of the molecule is CCN(CC)C1=NS(=O)(=O)c2ccccc21. The van der Waals surface area contributed by atoms with Gasteiger partial charge in [-0.25, -0.2) is 0 Å². The van der Waals surface area contributed by atoms with Gasteiger partial charge in [0.25, 0.3) is 10.0 Å². The molecule has 86 valence electrons. The third-order valence-corrected chi connectivity index (χ3v) is 4.00. The molecule has 5 heteroatoms. The van der Waals surface area contributed by atoms with Crippen molar-refractivity contribution < 1.29 is 8.42 Å². The fourth-order valence-corrected chi connectivity index (χ4v) is 3.07. The number of nitrogens with zero attached hydrogens (tertiary/aromatic N) is 2. The van der Waals surface area contributed by atoms with Gasteiger partial charge in [-0.15, -0.1) is 4.40 Å². The number of sulfonamides is 1. The number of fused-ring (bicyclic) bond motifs is 1. The zero-order valence-corrected chi connectivity index (χ0v) is 10.2. The Labute approximate surface area is 95.7 Å². The molecule has 0 radical (unpaired) electrons. The summed E-state index contributed by atoms with van der Waals surface area (Å²) in [5, 5.41) is 0. The molecule has 1 aliphatic heterocycles. The number of benzene rings is 1. The largest absolute Gasteiger partial charge is 0.356 e. The smallest absolute Gasteiger partial charge is 0.285 e. The van der Waals surface area contributed by atoms with Gasteiger partial charge in [0, 0.05) is 18.7 Å². The van der Waals surface area contributed by atoms with E-state index in [4.69, 9.17) is 0 Å². The van der Waals surface area contributed by atoms with Crippen molar-refractivity contribution in [1.82, 2.24) is 4.90 Å². The monoisotopic (exact) mass is 238 g/mol. The van der Waals surface area contributed by atoms with Gasteiger partial charge in [-0.05, 0) is 26.0 Å². The minimum absolute atomic E-state index is 0.317. The average molecular weight is 238 g/mol. The van der Waals surface area contributed by atoms with E-state index in [2.05, 4.69) is 4.40 Å². The molecule has 16 heavy (non-hydrogen) atoms. The van der Waals surface area contributed by atoms with Gasteiger partial charge in [0.1, 0.15) is 4.90 Å². The van der Waals surface area contributed by atoms with Gasteiger partial charge in [-0.3, -0.25) is 0 Å². The maximum absolute atomic E-state index is 11.8. The molecule has 1 aromatic carbocycles. The summed E-state index contributed by atoms with van der Waals surface area (Å²) in [5.74, 6) is 0.570. The molecule has 0 bridgehead atoms. The molecule has 1 heterocycles. The molecule has 0 amide bonds. The number of amidine groups is 1. The first-order chi connectivity index (χ1) is 7.60. The third kappa shape index (κ3) is 1.61. The van der Waals surface area contributed by atoms with Crippen LogP contribution in [0.25, 0.3) is 0 Å². The van der Waals surface area contributed by atoms with Gasteiger partial charge in [-0.1, -0.05) is 12.1 Å². The van der Waals surface area contributed by atoms with E-state index in [0.29, 0.717) is 16.3 Å². The van der Waals surface area contributed by atoms with Gasteiger partial charge in [0.2, 0.25) is 0 Å². The Balaban J connectivity index is 2.59. The summed E-state index contributed by atoms with van der Waals surface area (Å²) in [6, 6.07) is 6.96. The van der Waals surface area contributed by atoms with Crippen LogP contribution in [-0.4, -0.2) is 32.2 Å². The first kappa shape index (κ1) is 11.1. The van der Waals surface area contributed by atoms with E-state index in [1.807, 2.05) is 24.8 Å². The van der Waals surface area contributed by atoms with Crippen molar-refractivity contribution in [3.8, 4) is 0 Å². The Morgan fingerprint density at radius 2 is 1.81 bits per heavy atom. The maximum Gasteiger partial charge on any atom is 0.285 e. The molecule has 1 aliphatic rings. The summed E-state index contributed by atoms with van der Waals surface area (Å²) in [4.78, 5) is 2.26. The van der Waals surface area contributed by atoms with Crippen molar-refractivity contribution in [2.24, 2.45) is 4.40 Å². The van der Waals surface area contributed by atoms with Gasteiger partial charge >= 0.3 is 0 Å². The number of rotatable bonds is 2. The molecule has 0 aliphatic carbocycles. The van der Waals surface area contributed by atoms with Crippen LogP contribution in [0.5, 0.6) is 0 Å². The molecule has 0 spiro atoms. The minimum atomic E-state index is -3.47. The van der Waals surface area contributed by atoms with Crippen LogP contribution in [0.2, 0.25) is 0 Å². The van der Waals surface area contributed by atoms with E-state index in [0.717, 1.165) is 13.1 Å². The third-order valence-electron chi connectivity index (χ3n) is 2.68. The van der Waals surface area contributed by atoms with Crippen LogP contribution in [0.1, 0.15) is 19.4 Å². The van der Waals surface area contributed by atoms with Crippen molar-refractivity contribution >= 4 is 15.9 Å². The van der Waals surface area contributed by atoms with Crippen LogP contribution in [0.4, 0.5) is 0 Å². The Kier molecular flexibility index (Phi) is 2.71. The molecule has 0 N–H and O–H groups in total. The summed E-state index contributed by atoms with van der Waals surface area (Å²) < 4.78 is 27.4. The van der Waals surface area contributed by atoms with Crippen molar-refractivity contribution in [2.45, 2.75) is 18.7 Å². The molecule has 0 saturated heterocycles. The van der Waals surface area contributed by atoms with Crippen LogP contribution in [-0.2, 0) is 10.0 Å². The standard InChI is InChI=1S/C11H14N2O2S/c1-3-13(4-2)11-9-7-5-6-8-10(9)16(14,15)12-11/h5-8H,3-4H2,1-2H3. The van der Waals surface area contributed by atoms with Gasteiger partial charge in [-0.2, -0.15) is 8.42 Å². The van der Waals surface area contributed by atoms with Crippen molar-refractivity contribution in [2.75, 3.05) is 13.1 Å². The summed E-state index contributed by atoms with van der Waals surface area (Å²) in [6.07, 6.45) is 0. The lowest BCUT2D eigenvalue weighted by molar-refractivity contribution is 0.467. The van der Waals surface area contributed by atoms with E-state index in [1.165, 1.54) is 0 Å². The maximum atomic E-state index is 11.8. The van der Waals surface area contributed by atoms with Gasteiger partial charge in [0.05, 0.1) is 0 Å². The van der Waals surface area contributed by atoms with Crippen LogP contribution < -0.4 is 0 Å². The summed E-state index contributed by atoms with van der Waals surface area (Å²) in [7, 11) is -3.47. The minimum Gasteiger partial charge on any atom is -0.356 e.